The monoisotopic (exact) mass is 248 g/mol. The first-order chi connectivity index (χ1) is 8.52. The fourth-order valence-electron chi connectivity index (χ4n) is 2.18. The zero-order valence-corrected chi connectivity index (χ0v) is 11.4. The Labute approximate surface area is 107 Å². The van der Waals surface area contributed by atoms with Gasteiger partial charge in [-0.2, -0.15) is 5.10 Å². The Morgan fingerprint density at radius 1 is 1.44 bits per heavy atom. The maximum atomic E-state index is 6.12. The van der Waals surface area contributed by atoms with E-state index in [1.807, 2.05) is 37.8 Å². The van der Waals surface area contributed by atoms with E-state index in [0.29, 0.717) is 6.54 Å². The van der Waals surface area contributed by atoms with E-state index in [4.69, 9.17) is 10.2 Å². The third-order valence-corrected chi connectivity index (χ3v) is 3.01. The molecule has 0 aliphatic heterocycles. The highest BCUT2D eigenvalue weighted by Crippen LogP contribution is 2.26. The molecule has 2 rings (SSSR count). The van der Waals surface area contributed by atoms with Gasteiger partial charge in [0.2, 0.25) is 0 Å². The SMILES string of the molecule is CCc1nn(C)c(N(C)Cc2ccc(C)o2)c1N. The molecule has 0 atom stereocenters. The number of aromatic nitrogens is 2. The van der Waals surface area contributed by atoms with Crippen LogP contribution in [0.3, 0.4) is 0 Å². The van der Waals surface area contributed by atoms with Gasteiger partial charge < -0.3 is 15.1 Å². The zero-order valence-electron chi connectivity index (χ0n) is 11.4. The number of furan rings is 1. The molecule has 0 aromatic carbocycles. The summed E-state index contributed by atoms with van der Waals surface area (Å²) >= 11 is 0. The quantitative estimate of drug-likeness (QED) is 0.900. The Morgan fingerprint density at radius 3 is 2.67 bits per heavy atom. The standard InChI is InChI=1S/C13H20N4O/c1-5-11-12(14)13(17(4)15-11)16(3)8-10-7-6-9(2)18-10/h6-7H,5,8,14H2,1-4H3. The minimum absolute atomic E-state index is 0.681. The van der Waals surface area contributed by atoms with Gasteiger partial charge in [-0.25, -0.2) is 0 Å². The Bertz CT molecular complexity index is 541. The van der Waals surface area contributed by atoms with Crippen LogP contribution in [-0.4, -0.2) is 16.8 Å². The summed E-state index contributed by atoms with van der Waals surface area (Å²) in [6, 6.07) is 3.95. The van der Waals surface area contributed by atoms with Crippen LogP contribution in [0.25, 0.3) is 0 Å². The van der Waals surface area contributed by atoms with Crippen LogP contribution in [-0.2, 0) is 20.0 Å². The third kappa shape index (κ3) is 2.20. The molecule has 0 unspecified atom stereocenters. The van der Waals surface area contributed by atoms with Crippen molar-refractivity contribution >= 4 is 11.5 Å². The lowest BCUT2D eigenvalue weighted by atomic mass is 10.3. The number of nitrogens with two attached hydrogens (primary N) is 1. The van der Waals surface area contributed by atoms with E-state index in [2.05, 4.69) is 16.9 Å². The number of hydrogen-bond acceptors (Lipinski definition) is 4. The molecule has 0 fully saturated rings. The second kappa shape index (κ2) is 4.76. The minimum atomic E-state index is 0.681. The first-order valence-electron chi connectivity index (χ1n) is 6.10. The van der Waals surface area contributed by atoms with Crippen molar-refractivity contribution in [1.82, 2.24) is 9.78 Å². The summed E-state index contributed by atoms with van der Waals surface area (Å²) in [6.07, 6.45) is 0.841. The predicted molar refractivity (Wildman–Crippen MR) is 72.6 cm³/mol. The molecular formula is C13H20N4O. The van der Waals surface area contributed by atoms with Gasteiger partial charge in [-0.3, -0.25) is 4.68 Å². The summed E-state index contributed by atoms with van der Waals surface area (Å²) in [4.78, 5) is 2.06. The van der Waals surface area contributed by atoms with E-state index >= 15 is 0 Å². The number of nitrogens with zero attached hydrogens (tertiary/aromatic N) is 3. The highest BCUT2D eigenvalue weighted by atomic mass is 16.3. The summed E-state index contributed by atoms with van der Waals surface area (Å²) < 4.78 is 7.40. The van der Waals surface area contributed by atoms with E-state index < -0.39 is 0 Å². The summed E-state index contributed by atoms with van der Waals surface area (Å²) in [5, 5.41) is 4.42. The fourth-order valence-corrected chi connectivity index (χ4v) is 2.18. The first-order valence-corrected chi connectivity index (χ1v) is 6.10. The number of rotatable bonds is 4. The van der Waals surface area contributed by atoms with Gasteiger partial charge in [0.15, 0.2) is 5.82 Å². The molecule has 0 aliphatic carbocycles. The van der Waals surface area contributed by atoms with Gasteiger partial charge in [-0.1, -0.05) is 6.92 Å². The smallest absolute Gasteiger partial charge is 0.150 e. The van der Waals surface area contributed by atoms with E-state index in [9.17, 15) is 0 Å². The van der Waals surface area contributed by atoms with Crippen molar-refractivity contribution in [3.8, 4) is 0 Å². The number of anilines is 2. The molecule has 0 bridgehead atoms. The summed E-state index contributed by atoms with van der Waals surface area (Å²) in [5.74, 6) is 2.78. The van der Waals surface area contributed by atoms with Crippen LogP contribution in [0.5, 0.6) is 0 Å². The zero-order chi connectivity index (χ0) is 13.3. The molecule has 2 heterocycles. The van der Waals surface area contributed by atoms with Gasteiger partial charge >= 0.3 is 0 Å². The molecule has 5 nitrogen and oxygen atoms in total. The van der Waals surface area contributed by atoms with Crippen molar-refractivity contribution in [3.63, 3.8) is 0 Å². The van der Waals surface area contributed by atoms with Crippen LogP contribution >= 0.6 is 0 Å². The van der Waals surface area contributed by atoms with E-state index in [0.717, 1.165) is 35.1 Å². The highest BCUT2D eigenvalue weighted by molar-refractivity contribution is 5.66. The van der Waals surface area contributed by atoms with Gasteiger partial charge in [0.1, 0.15) is 11.5 Å². The molecule has 0 saturated heterocycles. The van der Waals surface area contributed by atoms with E-state index in [-0.39, 0.29) is 0 Å². The molecule has 98 valence electrons. The average Bonchev–Trinajstić information content (AvgIpc) is 2.83. The number of nitrogen functional groups attached to an aromatic ring is 1. The summed E-state index contributed by atoms with van der Waals surface area (Å²) in [6.45, 7) is 4.68. The van der Waals surface area contributed by atoms with Gasteiger partial charge in [0, 0.05) is 14.1 Å². The normalized spacial score (nSPS) is 10.9. The maximum absolute atomic E-state index is 6.12. The molecule has 0 amide bonds. The largest absolute Gasteiger partial charge is 0.464 e. The van der Waals surface area contributed by atoms with Gasteiger partial charge in [-0.15, -0.1) is 0 Å². The Morgan fingerprint density at radius 2 is 2.17 bits per heavy atom. The van der Waals surface area contributed by atoms with Crippen molar-refractivity contribution in [2.75, 3.05) is 17.7 Å². The van der Waals surface area contributed by atoms with Crippen molar-refractivity contribution in [1.29, 1.82) is 0 Å². The Kier molecular flexibility index (Phi) is 3.32. The van der Waals surface area contributed by atoms with Crippen LogP contribution in [0.4, 0.5) is 11.5 Å². The second-order valence-electron chi connectivity index (χ2n) is 4.53. The van der Waals surface area contributed by atoms with Crippen LogP contribution in [0, 0.1) is 6.92 Å². The first kappa shape index (κ1) is 12.5. The minimum Gasteiger partial charge on any atom is -0.464 e. The fraction of sp³-hybridized carbons (Fsp3) is 0.462. The van der Waals surface area contributed by atoms with E-state index in [1.54, 1.807) is 0 Å². The summed E-state index contributed by atoms with van der Waals surface area (Å²) in [7, 11) is 3.90. The highest BCUT2D eigenvalue weighted by Gasteiger charge is 2.16. The lowest BCUT2D eigenvalue weighted by Gasteiger charge is -2.18. The van der Waals surface area contributed by atoms with Crippen LogP contribution in [0.15, 0.2) is 16.5 Å². The topological polar surface area (TPSA) is 60.2 Å². The molecule has 2 N–H and O–H groups in total. The maximum Gasteiger partial charge on any atom is 0.150 e. The number of hydrogen-bond donors (Lipinski definition) is 1. The van der Waals surface area contributed by atoms with Crippen LogP contribution < -0.4 is 10.6 Å². The van der Waals surface area contributed by atoms with Gasteiger partial charge in [0.05, 0.1) is 17.9 Å². The molecule has 0 saturated carbocycles. The molecular weight excluding hydrogens is 228 g/mol. The van der Waals surface area contributed by atoms with Crippen molar-refractivity contribution < 1.29 is 4.42 Å². The van der Waals surface area contributed by atoms with Crippen LogP contribution in [0.2, 0.25) is 0 Å². The third-order valence-electron chi connectivity index (χ3n) is 3.01. The number of aryl methyl sites for hydroxylation is 3. The molecule has 2 aromatic heterocycles. The lowest BCUT2D eigenvalue weighted by Crippen LogP contribution is -2.20. The van der Waals surface area contributed by atoms with Gasteiger partial charge in [0.25, 0.3) is 0 Å². The molecule has 18 heavy (non-hydrogen) atoms. The van der Waals surface area contributed by atoms with E-state index in [1.165, 1.54) is 0 Å². The molecule has 0 spiro atoms. The van der Waals surface area contributed by atoms with Crippen molar-refractivity contribution in [2.45, 2.75) is 26.8 Å². The lowest BCUT2D eigenvalue weighted by molar-refractivity contribution is 0.480. The molecule has 5 heteroatoms. The average molecular weight is 248 g/mol. The van der Waals surface area contributed by atoms with Crippen LogP contribution in [0.1, 0.15) is 24.1 Å². The van der Waals surface area contributed by atoms with Gasteiger partial charge in [-0.05, 0) is 25.5 Å². The predicted octanol–water partition coefficient (Wildman–Crippen LogP) is 2.10. The molecule has 0 radical (unpaired) electrons. The second-order valence-corrected chi connectivity index (χ2v) is 4.53. The Hall–Kier alpha value is -1.91. The molecule has 0 aliphatic rings. The molecule has 2 aromatic rings. The van der Waals surface area contributed by atoms with Crippen molar-refractivity contribution in [2.24, 2.45) is 7.05 Å². The summed E-state index contributed by atoms with van der Waals surface area (Å²) in [5.41, 5.74) is 7.81. The Balaban J connectivity index is 2.23. The van der Waals surface area contributed by atoms with Crippen molar-refractivity contribution in [3.05, 3.63) is 29.3 Å².